The Hall–Kier alpha value is -2.99. The predicted molar refractivity (Wildman–Crippen MR) is 164 cm³/mol. The average molecular weight is 488 g/mol. The van der Waals surface area contributed by atoms with E-state index in [1.54, 1.807) is 55.0 Å². The van der Waals surface area contributed by atoms with Gasteiger partial charge in [0.2, 0.25) is 13.4 Å². The Kier molecular flexibility index (Phi) is 3.42. The number of benzene rings is 4. The van der Waals surface area contributed by atoms with Crippen LogP contribution in [0.4, 0.5) is 0 Å². The van der Waals surface area contributed by atoms with Crippen molar-refractivity contribution in [2.24, 2.45) is 0 Å². The molecule has 0 fully saturated rings. The van der Waals surface area contributed by atoms with Crippen molar-refractivity contribution < 1.29 is 0 Å². The fraction of sp³-hybridized carbons (Fsp3) is 0.333. The van der Waals surface area contributed by atoms with Gasteiger partial charge in [0, 0.05) is 21.7 Å². The molecule has 0 aliphatic carbocycles. The zero-order valence-corrected chi connectivity index (χ0v) is 23.9. The monoisotopic (exact) mass is 488 g/mol. The molecule has 0 bridgehead atoms. The van der Waals surface area contributed by atoms with Crippen LogP contribution in [0.2, 0.25) is 0 Å². The van der Waals surface area contributed by atoms with Crippen LogP contribution in [-0.2, 0) is 21.7 Å². The van der Waals surface area contributed by atoms with Crippen LogP contribution < -0.4 is 32.8 Å². The van der Waals surface area contributed by atoms with Gasteiger partial charge in [0.25, 0.3) is 0 Å². The summed E-state index contributed by atoms with van der Waals surface area (Å²) in [6, 6.07) is 24.5. The third-order valence-corrected chi connectivity index (χ3v) is 11.9. The highest BCUT2D eigenvalue weighted by Crippen LogP contribution is 2.46. The minimum atomic E-state index is -0.0211. The summed E-state index contributed by atoms with van der Waals surface area (Å²) in [4.78, 5) is 0. The van der Waals surface area contributed by atoms with Crippen LogP contribution >= 0.6 is 0 Å². The molecule has 0 nitrogen and oxygen atoms in total. The van der Waals surface area contributed by atoms with Gasteiger partial charge < -0.3 is 0 Å². The van der Waals surface area contributed by atoms with Gasteiger partial charge in [0.1, 0.15) is 0 Å². The molecule has 0 unspecified atom stereocenters. The van der Waals surface area contributed by atoms with E-state index in [2.05, 4.69) is 116 Å². The van der Waals surface area contributed by atoms with E-state index in [-0.39, 0.29) is 21.7 Å². The zero-order chi connectivity index (χ0) is 26.3. The standard InChI is InChI=1S/C36H34B2/c1-33(2)19-11-9-12-20-27(19)37-29-23(33)15-16-24-30(29)38-28-21(35(24,5)6)13-10-14-22(28)36(7,8)26-18-17-25(34(20,3)4)31(37)32(26)38/h9-18H,1-8H3. The van der Waals surface area contributed by atoms with Crippen LogP contribution in [0.5, 0.6) is 0 Å². The van der Waals surface area contributed by atoms with Gasteiger partial charge in [0.15, 0.2) is 0 Å². The van der Waals surface area contributed by atoms with Gasteiger partial charge in [-0.3, -0.25) is 0 Å². The second kappa shape index (κ2) is 5.94. The van der Waals surface area contributed by atoms with Gasteiger partial charge in [-0.25, -0.2) is 0 Å². The first-order chi connectivity index (χ1) is 17.9. The Labute approximate surface area is 228 Å². The van der Waals surface area contributed by atoms with Gasteiger partial charge in [-0.1, -0.05) is 149 Å². The fourth-order valence-electron chi connectivity index (χ4n) is 10.1. The lowest BCUT2D eigenvalue weighted by Crippen LogP contribution is -2.84. The molecule has 4 aromatic rings. The predicted octanol–water partition coefficient (Wildman–Crippen LogP) is 3.59. The molecule has 5 aliphatic heterocycles. The van der Waals surface area contributed by atoms with Crippen molar-refractivity contribution in [3.05, 3.63) is 105 Å². The molecule has 0 radical (unpaired) electrons. The molecule has 5 heterocycles. The molecule has 0 atom stereocenters. The van der Waals surface area contributed by atoms with Gasteiger partial charge >= 0.3 is 0 Å². The van der Waals surface area contributed by atoms with Crippen LogP contribution in [-0.4, -0.2) is 13.4 Å². The van der Waals surface area contributed by atoms with Gasteiger partial charge in [0.05, 0.1) is 0 Å². The Morgan fingerprint density at radius 3 is 0.763 bits per heavy atom. The average Bonchev–Trinajstić information content (AvgIpc) is 2.87. The summed E-state index contributed by atoms with van der Waals surface area (Å²) in [7, 11) is 0. The van der Waals surface area contributed by atoms with Crippen molar-refractivity contribution in [1.29, 1.82) is 0 Å². The molecule has 38 heavy (non-hydrogen) atoms. The maximum absolute atomic E-state index is 2.52. The van der Waals surface area contributed by atoms with E-state index in [4.69, 9.17) is 0 Å². The molecule has 0 saturated carbocycles. The molecular weight excluding hydrogens is 454 g/mol. The maximum Gasteiger partial charge on any atom is 0.241 e. The van der Waals surface area contributed by atoms with E-state index < -0.39 is 0 Å². The van der Waals surface area contributed by atoms with Crippen molar-refractivity contribution >= 4 is 46.2 Å². The summed E-state index contributed by atoms with van der Waals surface area (Å²) in [6.07, 6.45) is 0. The molecule has 184 valence electrons. The number of rotatable bonds is 0. The lowest BCUT2D eigenvalue weighted by molar-refractivity contribution is 0.608. The van der Waals surface area contributed by atoms with E-state index >= 15 is 0 Å². The second-order valence-corrected chi connectivity index (χ2v) is 14.9. The van der Waals surface area contributed by atoms with Crippen molar-refractivity contribution in [3.63, 3.8) is 0 Å². The van der Waals surface area contributed by atoms with Crippen molar-refractivity contribution in [2.75, 3.05) is 0 Å². The molecular formula is C36H34B2. The quantitative estimate of drug-likeness (QED) is 0.293. The Bertz CT molecular complexity index is 1570. The van der Waals surface area contributed by atoms with Crippen LogP contribution in [0.3, 0.4) is 0 Å². The van der Waals surface area contributed by atoms with Crippen LogP contribution in [0.1, 0.15) is 99.9 Å². The summed E-state index contributed by atoms with van der Waals surface area (Å²) in [5.41, 5.74) is 22.1. The van der Waals surface area contributed by atoms with Gasteiger partial charge in [-0.15, -0.1) is 0 Å². The normalized spacial score (nSPS) is 21.4. The molecule has 4 aromatic carbocycles. The first-order valence-electron chi connectivity index (χ1n) is 14.5. The Morgan fingerprint density at radius 2 is 0.526 bits per heavy atom. The highest BCUT2D eigenvalue weighted by Gasteiger charge is 2.59. The summed E-state index contributed by atoms with van der Waals surface area (Å²) in [5, 5.41) is 0. The Morgan fingerprint density at radius 1 is 0.316 bits per heavy atom. The SMILES string of the molecule is CC1(C)c2cccc3c2B2c4c1ccc1c4B4c5c(cccc5C(C)(C)c5ccc(c2c54)C3(C)C)C1(C)C. The highest BCUT2D eigenvalue weighted by atomic mass is 14.5. The summed E-state index contributed by atoms with van der Waals surface area (Å²) < 4.78 is 0. The van der Waals surface area contributed by atoms with E-state index in [0.717, 1.165) is 0 Å². The molecule has 0 N–H and O–H groups in total. The van der Waals surface area contributed by atoms with Crippen molar-refractivity contribution in [3.8, 4) is 0 Å². The molecule has 5 aliphatic rings. The number of hydrogen-bond acceptors (Lipinski definition) is 0. The lowest BCUT2D eigenvalue weighted by atomic mass is 9.13. The maximum atomic E-state index is 2.52. The number of hydrogen-bond donors (Lipinski definition) is 0. The van der Waals surface area contributed by atoms with Crippen LogP contribution in [0, 0.1) is 0 Å². The summed E-state index contributed by atoms with van der Waals surface area (Å²) in [5.74, 6) is 0. The van der Waals surface area contributed by atoms with E-state index in [0.29, 0.717) is 13.4 Å². The highest BCUT2D eigenvalue weighted by molar-refractivity contribution is 7.13. The van der Waals surface area contributed by atoms with E-state index in [9.17, 15) is 0 Å². The molecule has 0 spiro atoms. The largest absolute Gasteiger partial charge is 0.241 e. The van der Waals surface area contributed by atoms with Crippen molar-refractivity contribution in [2.45, 2.75) is 77.0 Å². The van der Waals surface area contributed by atoms with Crippen molar-refractivity contribution in [1.82, 2.24) is 0 Å². The molecule has 0 saturated heterocycles. The van der Waals surface area contributed by atoms with Gasteiger partial charge in [-0.2, -0.15) is 0 Å². The molecule has 9 rings (SSSR count). The smallest absolute Gasteiger partial charge is 0.0689 e. The molecule has 0 aromatic heterocycles. The van der Waals surface area contributed by atoms with Crippen LogP contribution in [0.25, 0.3) is 0 Å². The zero-order valence-electron chi connectivity index (χ0n) is 23.9. The summed E-state index contributed by atoms with van der Waals surface area (Å²) in [6.45, 7) is 20.5. The molecule has 2 heteroatoms. The third kappa shape index (κ3) is 1.97. The second-order valence-electron chi connectivity index (χ2n) is 14.9. The topological polar surface area (TPSA) is 0 Å². The first-order valence-corrected chi connectivity index (χ1v) is 14.5. The van der Waals surface area contributed by atoms with Gasteiger partial charge in [-0.05, 0) is 44.5 Å². The third-order valence-electron chi connectivity index (χ3n) is 11.9. The van der Waals surface area contributed by atoms with Crippen LogP contribution in [0.15, 0.2) is 60.7 Å². The minimum absolute atomic E-state index is 0.0211. The first kappa shape index (κ1) is 21.9. The molecule has 0 amide bonds. The van der Waals surface area contributed by atoms with E-state index in [1.165, 1.54) is 22.3 Å². The minimum Gasteiger partial charge on any atom is -0.0689 e. The fourth-order valence-corrected chi connectivity index (χ4v) is 10.1. The Balaban J connectivity index is 1.58. The lowest BCUT2D eigenvalue weighted by Gasteiger charge is -2.56. The summed E-state index contributed by atoms with van der Waals surface area (Å²) >= 11 is 0. The van der Waals surface area contributed by atoms with E-state index in [1.807, 2.05) is 0 Å².